The van der Waals surface area contributed by atoms with E-state index in [0.717, 1.165) is 6.07 Å². The molecule has 0 aliphatic heterocycles. The Kier molecular flexibility index (Phi) is 9.03. The van der Waals surface area contributed by atoms with Crippen molar-refractivity contribution >= 4 is 18.3 Å². The van der Waals surface area contributed by atoms with Gasteiger partial charge in [0.2, 0.25) is 0 Å². The fourth-order valence-electron chi connectivity index (χ4n) is 1.49. The summed E-state index contributed by atoms with van der Waals surface area (Å²) in [6.45, 7) is 3.66. The van der Waals surface area contributed by atoms with E-state index in [2.05, 4.69) is 10.6 Å². The zero-order valence-electron chi connectivity index (χ0n) is 11.5. The molecule has 0 radical (unpaired) electrons. The van der Waals surface area contributed by atoms with Crippen LogP contribution >= 0.6 is 12.4 Å². The number of hydrogen-bond acceptors (Lipinski definition) is 3. The van der Waals surface area contributed by atoms with Crippen LogP contribution in [0.5, 0.6) is 0 Å². The van der Waals surface area contributed by atoms with Crippen LogP contribution in [-0.2, 0) is 4.74 Å². The lowest BCUT2D eigenvalue weighted by atomic mass is 10.1. The third-order valence-corrected chi connectivity index (χ3v) is 2.56. The first-order chi connectivity index (χ1) is 9.06. The van der Waals surface area contributed by atoms with E-state index in [1.807, 2.05) is 0 Å². The molecule has 4 nitrogen and oxygen atoms in total. The number of rotatable bonds is 7. The Bertz CT molecular complexity index is 445. The van der Waals surface area contributed by atoms with Gasteiger partial charge in [0.25, 0.3) is 5.91 Å². The molecule has 7 heteroatoms. The predicted octanol–water partition coefficient (Wildman–Crippen LogP) is 1.66. The molecule has 0 heterocycles. The highest BCUT2D eigenvalue weighted by Gasteiger charge is 2.13. The molecule has 0 bridgehead atoms. The number of ether oxygens (including phenoxy) is 1. The average Bonchev–Trinajstić information content (AvgIpc) is 2.37. The summed E-state index contributed by atoms with van der Waals surface area (Å²) < 4.78 is 31.3. The molecule has 1 rings (SSSR count). The number of carbonyl (C=O) groups is 1. The number of halogens is 3. The number of hydrogen-bond donors (Lipinski definition) is 2. The van der Waals surface area contributed by atoms with Gasteiger partial charge in [0.05, 0.1) is 12.2 Å². The van der Waals surface area contributed by atoms with Crippen LogP contribution in [-0.4, -0.2) is 39.3 Å². The van der Waals surface area contributed by atoms with E-state index >= 15 is 0 Å². The van der Waals surface area contributed by atoms with Gasteiger partial charge < -0.3 is 15.4 Å². The summed E-state index contributed by atoms with van der Waals surface area (Å²) in [6, 6.07) is 1.93. The zero-order valence-corrected chi connectivity index (χ0v) is 12.3. The summed E-state index contributed by atoms with van der Waals surface area (Å²) in [6.07, 6.45) is 0. The Morgan fingerprint density at radius 2 is 1.90 bits per heavy atom. The molecule has 0 unspecified atom stereocenters. The largest absolute Gasteiger partial charge is 0.383 e. The molecule has 2 N–H and O–H groups in total. The van der Waals surface area contributed by atoms with Crippen LogP contribution in [0.4, 0.5) is 8.78 Å². The van der Waals surface area contributed by atoms with Crippen molar-refractivity contribution in [3.8, 4) is 0 Å². The molecule has 0 aliphatic rings. The first kappa shape index (κ1) is 18.8. The predicted molar refractivity (Wildman–Crippen MR) is 75.4 cm³/mol. The van der Waals surface area contributed by atoms with E-state index < -0.39 is 17.5 Å². The van der Waals surface area contributed by atoms with E-state index in [-0.39, 0.29) is 23.5 Å². The molecule has 0 aliphatic carbocycles. The van der Waals surface area contributed by atoms with Gasteiger partial charge in [-0.2, -0.15) is 0 Å². The fraction of sp³-hybridized carbons (Fsp3) is 0.462. The van der Waals surface area contributed by atoms with Crippen LogP contribution in [0.3, 0.4) is 0 Å². The molecule has 0 saturated carbocycles. The molecule has 0 aromatic heterocycles. The van der Waals surface area contributed by atoms with E-state index in [4.69, 9.17) is 4.74 Å². The molecule has 0 saturated heterocycles. The van der Waals surface area contributed by atoms with E-state index in [9.17, 15) is 13.6 Å². The maximum Gasteiger partial charge on any atom is 0.254 e. The van der Waals surface area contributed by atoms with Crippen molar-refractivity contribution in [3.05, 3.63) is 34.9 Å². The normalized spacial score (nSPS) is 10.0. The van der Waals surface area contributed by atoms with Crippen LogP contribution in [0.25, 0.3) is 0 Å². The van der Waals surface area contributed by atoms with Crippen molar-refractivity contribution in [1.82, 2.24) is 10.6 Å². The van der Waals surface area contributed by atoms with Crippen molar-refractivity contribution in [1.29, 1.82) is 0 Å². The van der Waals surface area contributed by atoms with Crippen molar-refractivity contribution in [2.75, 3.05) is 33.4 Å². The Balaban J connectivity index is 0.00000361. The Morgan fingerprint density at radius 1 is 1.20 bits per heavy atom. The monoisotopic (exact) mass is 308 g/mol. The summed E-state index contributed by atoms with van der Waals surface area (Å²) in [4.78, 5) is 11.7. The Hall–Kier alpha value is -1.24. The van der Waals surface area contributed by atoms with Crippen molar-refractivity contribution in [2.45, 2.75) is 6.92 Å². The van der Waals surface area contributed by atoms with E-state index in [1.165, 1.54) is 13.0 Å². The minimum Gasteiger partial charge on any atom is -0.383 e. The summed E-state index contributed by atoms with van der Waals surface area (Å²) in [5.74, 6) is -2.06. The molecule has 20 heavy (non-hydrogen) atoms. The summed E-state index contributed by atoms with van der Waals surface area (Å²) in [5, 5.41) is 5.59. The van der Waals surface area contributed by atoms with Gasteiger partial charge in [-0.25, -0.2) is 8.78 Å². The van der Waals surface area contributed by atoms with Crippen molar-refractivity contribution < 1.29 is 18.3 Å². The Morgan fingerprint density at radius 3 is 2.55 bits per heavy atom. The molecule has 0 fully saturated rings. The fourth-order valence-corrected chi connectivity index (χ4v) is 1.49. The topological polar surface area (TPSA) is 50.4 Å². The molecular formula is C13H19ClF2N2O2. The summed E-state index contributed by atoms with van der Waals surface area (Å²) in [7, 11) is 1.60. The molecule has 1 aromatic carbocycles. The van der Waals surface area contributed by atoms with Gasteiger partial charge in [-0.15, -0.1) is 12.4 Å². The van der Waals surface area contributed by atoms with Crippen LogP contribution in [0.15, 0.2) is 12.1 Å². The Labute approximate surface area is 123 Å². The lowest BCUT2D eigenvalue weighted by Crippen LogP contribution is -2.33. The minimum atomic E-state index is -0.854. The minimum absolute atomic E-state index is 0. The number of amides is 1. The summed E-state index contributed by atoms with van der Waals surface area (Å²) >= 11 is 0. The smallest absolute Gasteiger partial charge is 0.254 e. The highest BCUT2D eigenvalue weighted by molar-refractivity contribution is 5.94. The average molecular weight is 309 g/mol. The number of benzene rings is 1. The molecule has 0 atom stereocenters. The van der Waals surface area contributed by atoms with Gasteiger partial charge in [0.15, 0.2) is 0 Å². The molecule has 1 aromatic rings. The van der Waals surface area contributed by atoms with Gasteiger partial charge in [0.1, 0.15) is 11.6 Å². The first-order valence-corrected chi connectivity index (χ1v) is 5.99. The van der Waals surface area contributed by atoms with Crippen LogP contribution in [0.2, 0.25) is 0 Å². The van der Waals surface area contributed by atoms with Crippen LogP contribution < -0.4 is 10.6 Å². The molecule has 1 amide bonds. The van der Waals surface area contributed by atoms with Gasteiger partial charge in [0, 0.05) is 32.8 Å². The molecule has 0 spiro atoms. The molecule has 114 valence electrons. The second kappa shape index (κ2) is 9.63. The van der Waals surface area contributed by atoms with Gasteiger partial charge in [-0.05, 0) is 18.6 Å². The third kappa shape index (κ3) is 5.81. The van der Waals surface area contributed by atoms with Gasteiger partial charge in [-0.1, -0.05) is 0 Å². The first-order valence-electron chi connectivity index (χ1n) is 5.99. The number of aryl methyl sites for hydroxylation is 1. The second-order valence-corrected chi connectivity index (χ2v) is 4.08. The molecular weight excluding hydrogens is 290 g/mol. The van der Waals surface area contributed by atoms with Gasteiger partial charge in [-0.3, -0.25) is 4.79 Å². The van der Waals surface area contributed by atoms with Crippen molar-refractivity contribution in [2.24, 2.45) is 0 Å². The lowest BCUT2D eigenvalue weighted by molar-refractivity contribution is 0.0949. The standard InChI is InChI=1S/C13H18F2N2O2.ClH/c1-9-7-10(12(15)8-11(9)14)13(18)17-4-3-16-5-6-19-2;/h7-8,16H,3-6H2,1-2H3,(H,17,18);1H. The zero-order chi connectivity index (χ0) is 14.3. The maximum atomic E-state index is 13.4. The van der Waals surface area contributed by atoms with E-state index in [0.29, 0.717) is 26.2 Å². The summed E-state index contributed by atoms with van der Waals surface area (Å²) in [5.41, 5.74) is 0.0977. The number of carbonyl (C=O) groups excluding carboxylic acids is 1. The maximum absolute atomic E-state index is 13.4. The quantitative estimate of drug-likeness (QED) is 0.753. The number of nitrogens with one attached hydrogen (secondary N) is 2. The van der Waals surface area contributed by atoms with Crippen LogP contribution in [0.1, 0.15) is 15.9 Å². The SMILES string of the molecule is COCCNCCNC(=O)c1cc(C)c(F)cc1F.Cl. The second-order valence-electron chi connectivity index (χ2n) is 4.08. The van der Waals surface area contributed by atoms with Crippen molar-refractivity contribution in [3.63, 3.8) is 0 Å². The lowest BCUT2D eigenvalue weighted by Gasteiger charge is -2.08. The highest BCUT2D eigenvalue weighted by Crippen LogP contribution is 2.13. The van der Waals surface area contributed by atoms with E-state index in [1.54, 1.807) is 7.11 Å². The van der Waals surface area contributed by atoms with Gasteiger partial charge >= 0.3 is 0 Å². The highest BCUT2D eigenvalue weighted by atomic mass is 35.5. The third-order valence-electron chi connectivity index (χ3n) is 2.56. The van der Waals surface area contributed by atoms with Crippen LogP contribution in [0, 0.1) is 18.6 Å². The number of methoxy groups -OCH3 is 1.